The number of carbonyl (C=O) groups excluding carboxylic acids is 1. The number of amides is 1. The van der Waals surface area contributed by atoms with Gasteiger partial charge in [0.05, 0.1) is 11.0 Å². The lowest BCUT2D eigenvalue weighted by molar-refractivity contribution is -0.116. The lowest BCUT2D eigenvalue weighted by Gasteiger charge is -1.99. The highest BCUT2D eigenvalue weighted by Crippen LogP contribution is 2.13. The van der Waals surface area contributed by atoms with Gasteiger partial charge in [0.2, 0.25) is 11.0 Å². The number of para-hydroxylation sites is 2. The number of H-pyrrole nitrogens is 1. The molecule has 0 saturated heterocycles. The highest BCUT2D eigenvalue weighted by molar-refractivity contribution is 7.13. The molecule has 7 heteroatoms. The fraction of sp³-hybridized carbons (Fsp3) is 0.231. The van der Waals surface area contributed by atoms with E-state index in [-0.39, 0.29) is 5.91 Å². The Balaban J connectivity index is 1.51. The molecule has 0 aliphatic heterocycles. The van der Waals surface area contributed by atoms with Crippen molar-refractivity contribution in [1.29, 1.82) is 0 Å². The van der Waals surface area contributed by atoms with E-state index in [2.05, 4.69) is 25.5 Å². The molecule has 1 amide bonds. The average molecular weight is 287 g/mol. The first-order valence-electron chi connectivity index (χ1n) is 6.31. The van der Waals surface area contributed by atoms with E-state index < -0.39 is 0 Å². The van der Waals surface area contributed by atoms with E-state index >= 15 is 0 Å². The Morgan fingerprint density at radius 2 is 2.25 bits per heavy atom. The van der Waals surface area contributed by atoms with Gasteiger partial charge in [-0.15, -0.1) is 10.2 Å². The summed E-state index contributed by atoms with van der Waals surface area (Å²) in [5.41, 5.74) is 3.57. The van der Waals surface area contributed by atoms with Crippen LogP contribution in [0.3, 0.4) is 0 Å². The Morgan fingerprint density at radius 1 is 1.35 bits per heavy atom. The largest absolute Gasteiger partial charge is 0.342 e. The second kappa shape index (κ2) is 5.79. The summed E-state index contributed by atoms with van der Waals surface area (Å²) in [6.45, 7) is 0. The minimum atomic E-state index is -0.0436. The molecule has 6 nitrogen and oxygen atoms in total. The predicted molar refractivity (Wildman–Crippen MR) is 77.6 cm³/mol. The number of carbonyl (C=O) groups is 1. The molecule has 0 aliphatic rings. The molecule has 1 aromatic carbocycles. The number of benzene rings is 1. The fourth-order valence-corrected chi connectivity index (χ4v) is 2.41. The molecule has 3 rings (SSSR count). The van der Waals surface area contributed by atoms with Gasteiger partial charge in [-0.2, -0.15) is 0 Å². The minimum absolute atomic E-state index is 0.0436. The van der Waals surface area contributed by atoms with Crippen LogP contribution in [0.4, 0.5) is 5.13 Å². The highest BCUT2D eigenvalue weighted by atomic mass is 32.1. The van der Waals surface area contributed by atoms with Crippen molar-refractivity contribution in [3.05, 3.63) is 35.6 Å². The summed E-state index contributed by atoms with van der Waals surface area (Å²) in [6.07, 6.45) is 1.93. The first kappa shape index (κ1) is 12.7. The average Bonchev–Trinajstić information content (AvgIpc) is 3.07. The number of imidazole rings is 1. The molecule has 0 spiro atoms. The number of hydrogen-bond acceptors (Lipinski definition) is 5. The molecule has 0 unspecified atom stereocenters. The maximum Gasteiger partial charge on any atom is 0.226 e. The van der Waals surface area contributed by atoms with Crippen molar-refractivity contribution in [2.75, 3.05) is 5.32 Å². The van der Waals surface area contributed by atoms with Gasteiger partial charge in [-0.05, 0) is 18.6 Å². The van der Waals surface area contributed by atoms with Crippen molar-refractivity contribution in [3.63, 3.8) is 0 Å². The number of anilines is 1. The van der Waals surface area contributed by atoms with Crippen molar-refractivity contribution in [3.8, 4) is 0 Å². The van der Waals surface area contributed by atoms with Crippen LogP contribution in [0.2, 0.25) is 0 Å². The standard InChI is InChI=1S/C13H13N5OS/c19-12(17-13-18-14-8-20-13)7-3-6-11-15-9-4-1-2-5-10(9)16-11/h1-2,4-5,8H,3,6-7H2,(H,15,16)(H,17,18,19). The fourth-order valence-electron chi connectivity index (χ4n) is 1.95. The smallest absolute Gasteiger partial charge is 0.226 e. The summed E-state index contributed by atoms with van der Waals surface area (Å²) in [4.78, 5) is 19.4. The van der Waals surface area contributed by atoms with Gasteiger partial charge in [0.1, 0.15) is 11.3 Å². The normalized spacial score (nSPS) is 10.8. The Bertz CT molecular complexity index is 673. The van der Waals surface area contributed by atoms with E-state index in [1.165, 1.54) is 11.3 Å². The number of hydrogen-bond donors (Lipinski definition) is 2. The lowest BCUT2D eigenvalue weighted by atomic mass is 10.2. The van der Waals surface area contributed by atoms with E-state index in [0.717, 1.165) is 29.7 Å². The van der Waals surface area contributed by atoms with Crippen molar-refractivity contribution in [2.24, 2.45) is 0 Å². The second-order valence-electron chi connectivity index (χ2n) is 4.35. The molecule has 3 aromatic rings. The van der Waals surface area contributed by atoms with Crippen LogP contribution in [0.25, 0.3) is 11.0 Å². The third kappa shape index (κ3) is 3.00. The third-order valence-corrected chi connectivity index (χ3v) is 3.47. The van der Waals surface area contributed by atoms with Gasteiger partial charge in [-0.3, -0.25) is 4.79 Å². The van der Waals surface area contributed by atoms with Crippen molar-refractivity contribution < 1.29 is 4.79 Å². The number of nitrogens with one attached hydrogen (secondary N) is 2. The number of aryl methyl sites for hydroxylation is 1. The molecule has 0 bridgehead atoms. The molecule has 2 heterocycles. The van der Waals surface area contributed by atoms with Gasteiger partial charge in [-0.25, -0.2) is 4.98 Å². The van der Waals surface area contributed by atoms with Crippen LogP contribution in [-0.4, -0.2) is 26.1 Å². The van der Waals surface area contributed by atoms with Crippen molar-refractivity contribution in [2.45, 2.75) is 19.3 Å². The van der Waals surface area contributed by atoms with Gasteiger partial charge in [-0.1, -0.05) is 23.5 Å². The van der Waals surface area contributed by atoms with E-state index in [1.807, 2.05) is 24.3 Å². The van der Waals surface area contributed by atoms with Gasteiger partial charge in [0, 0.05) is 12.8 Å². The van der Waals surface area contributed by atoms with Gasteiger partial charge < -0.3 is 10.3 Å². The van der Waals surface area contributed by atoms with Crippen LogP contribution in [0.15, 0.2) is 29.8 Å². The number of aromatic nitrogens is 4. The zero-order valence-electron chi connectivity index (χ0n) is 10.7. The number of rotatable bonds is 5. The van der Waals surface area contributed by atoms with Crippen LogP contribution < -0.4 is 5.32 Å². The lowest BCUT2D eigenvalue weighted by Crippen LogP contribution is -2.11. The van der Waals surface area contributed by atoms with Crippen LogP contribution in [0, 0.1) is 0 Å². The van der Waals surface area contributed by atoms with E-state index in [4.69, 9.17) is 0 Å². The third-order valence-electron chi connectivity index (χ3n) is 2.86. The number of aromatic amines is 1. The van der Waals surface area contributed by atoms with Crippen LogP contribution in [0.1, 0.15) is 18.7 Å². The summed E-state index contributed by atoms with van der Waals surface area (Å²) in [5.74, 6) is 0.868. The minimum Gasteiger partial charge on any atom is -0.342 e. The van der Waals surface area contributed by atoms with Gasteiger partial charge in [0.25, 0.3) is 0 Å². The number of fused-ring (bicyclic) bond motifs is 1. The van der Waals surface area contributed by atoms with Crippen LogP contribution in [0.5, 0.6) is 0 Å². The van der Waals surface area contributed by atoms with Crippen molar-refractivity contribution >= 4 is 33.4 Å². The Morgan fingerprint density at radius 3 is 3.05 bits per heavy atom. The molecular weight excluding hydrogens is 274 g/mol. The second-order valence-corrected chi connectivity index (χ2v) is 5.18. The molecule has 20 heavy (non-hydrogen) atoms. The molecule has 0 saturated carbocycles. The number of nitrogens with zero attached hydrogens (tertiary/aromatic N) is 3. The van der Waals surface area contributed by atoms with Gasteiger partial charge in [0.15, 0.2) is 0 Å². The topological polar surface area (TPSA) is 83.6 Å². The monoisotopic (exact) mass is 287 g/mol. The Labute approximate surface area is 119 Å². The predicted octanol–water partition coefficient (Wildman–Crippen LogP) is 2.38. The van der Waals surface area contributed by atoms with E-state index in [1.54, 1.807) is 5.51 Å². The molecular formula is C13H13N5OS. The zero-order valence-corrected chi connectivity index (χ0v) is 11.5. The zero-order chi connectivity index (χ0) is 13.8. The molecule has 102 valence electrons. The maximum atomic E-state index is 11.7. The molecule has 0 radical (unpaired) electrons. The summed E-state index contributed by atoms with van der Waals surface area (Å²) in [5, 5.41) is 10.7. The van der Waals surface area contributed by atoms with Gasteiger partial charge >= 0.3 is 0 Å². The first-order chi connectivity index (χ1) is 9.81. The molecule has 0 fully saturated rings. The molecule has 0 atom stereocenters. The Kier molecular flexibility index (Phi) is 3.69. The van der Waals surface area contributed by atoms with E-state index in [0.29, 0.717) is 11.6 Å². The van der Waals surface area contributed by atoms with Crippen LogP contribution in [-0.2, 0) is 11.2 Å². The molecule has 0 aliphatic carbocycles. The highest BCUT2D eigenvalue weighted by Gasteiger charge is 2.06. The first-order valence-corrected chi connectivity index (χ1v) is 7.19. The summed E-state index contributed by atoms with van der Waals surface area (Å²) in [7, 11) is 0. The molecule has 2 N–H and O–H groups in total. The van der Waals surface area contributed by atoms with E-state index in [9.17, 15) is 4.79 Å². The summed E-state index contributed by atoms with van der Waals surface area (Å²) >= 11 is 1.31. The summed E-state index contributed by atoms with van der Waals surface area (Å²) < 4.78 is 0. The Hall–Kier alpha value is -2.28. The van der Waals surface area contributed by atoms with Crippen LogP contribution >= 0.6 is 11.3 Å². The molecule has 2 aromatic heterocycles. The quantitative estimate of drug-likeness (QED) is 0.754. The SMILES string of the molecule is O=C(CCCc1nc2ccccc2[nH]1)Nc1nncs1. The van der Waals surface area contributed by atoms with Crippen molar-refractivity contribution in [1.82, 2.24) is 20.2 Å². The summed E-state index contributed by atoms with van der Waals surface area (Å²) in [6, 6.07) is 7.90. The maximum absolute atomic E-state index is 11.7.